The fraction of sp³-hybridized carbons (Fsp3) is 0.320. The zero-order valence-electron chi connectivity index (χ0n) is 18.8. The number of nitrogens with one attached hydrogen (secondary N) is 1. The molecule has 0 saturated carbocycles. The van der Waals surface area contributed by atoms with Gasteiger partial charge in [0.1, 0.15) is 5.75 Å². The number of amides is 2. The first-order chi connectivity index (χ1) is 15.3. The highest BCUT2D eigenvalue weighted by Gasteiger charge is 2.42. The van der Waals surface area contributed by atoms with E-state index in [-0.39, 0.29) is 11.8 Å². The molecule has 0 unspecified atom stereocenters. The Kier molecular flexibility index (Phi) is 6.02. The normalized spacial score (nSPS) is 14.4. The third-order valence-electron chi connectivity index (χ3n) is 5.75. The lowest BCUT2D eigenvalue weighted by Crippen LogP contribution is -2.33. The summed E-state index contributed by atoms with van der Waals surface area (Å²) in [4.78, 5) is 31.1. The SMILES string of the molecule is Cc1ccc(OCCCC(=O)Nc2nc(-c3ccc4c(c3)C(C)(C)C(=O)N4C)cs2)cc1. The Hall–Kier alpha value is -3.19. The minimum Gasteiger partial charge on any atom is -0.494 e. The first kappa shape index (κ1) is 22.0. The van der Waals surface area contributed by atoms with Crippen LogP contribution in [0.3, 0.4) is 0 Å². The van der Waals surface area contributed by atoms with E-state index < -0.39 is 5.41 Å². The highest BCUT2D eigenvalue weighted by Crippen LogP contribution is 2.42. The van der Waals surface area contributed by atoms with Crippen LogP contribution in [-0.4, -0.2) is 30.5 Å². The van der Waals surface area contributed by atoms with Crippen molar-refractivity contribution >= 4 is 34.0 Å². The molecule has 6 nitrogen and oxygen atoms in total. The van der Waals surface area contributed by atoms with Gasteiger partial charge in [-0.1, -0.05) is 23.8 Å². The Balaban J connectivity index is 1.33. The van der Waals surface area contributed by atoms with E-state index in [0.29, 0.717) is 24.6 Å². The molecule has 4 rings (SSSR count). The lowest BCUT2D eigenvalue weighted by Gasteiger charge is -2.16. The fourth-order valence-corrected chi connectivity index (χ4v) is 4.57. The predicted molar refractivity (Wildman–Crippen MR) is 129 cm³/mol. The minimum absolute atomic E-state index is 0.0827. The van der Waals surface area contributed by atoms with Crippen LogP contribution in [-0.2, 0) is 15.0 Å². The zero-order valence-corrected chi connectivity index (χ0v) is 19.6. The van der Waals surface area contributed by atoms with Gasteiger partial charge < -0.3 is 15.0 Å². The molecule has 2 aromatic carbocycles. The molecule has 0 fully saturated rings. The van der Waals surface area contributed by atoms with Crippen LogP contribution in [0.15, 0.2) is 47.8 Å². The molecule has 166 valence electrons. The van der Waals surface area contributed by atoms with E-state index in [1.54, 1.807) is 11.9 Å². The van der Waals surface area contributed by atoms with E-state index in [9.17, 15) is 9.59 Å². The third-order valence-corrected chi connectivity index (χ3v) is 6.51. The Morgan fingerprint density at radius 3 is 2.69 bits per heavy atom. The summed E-state index contributed by atoms with van der Waals surface area (Å²) in [5.41, 5.74) is 4.27. The summed E-state index contributed by atoms with van der Waals surface area (Å²) in [6, 6.07) is 13.8. The van der Waals surface area contributed by atoms with Crippen LogP contribution in [0.5, 0.6) is 5.75 Å². The van der Waals surface area contributed by atoms with Gasteiger partial charge in [0.05, 0.1) is 17.7 Å². The minimum atomic E-state index is -0.562. The molecule has 0 atom stereocenters. The van der Waals surface area contributed by atoms with Crippen LogP contribution in [0.25, 0.3) is 11.3 Å². The van der Waals surface area contributed by atoms with Gasteiger partial charge in [-0.05, 0) is 57.0 Å². The maximum atomic E-state index is 12.5. The molecule has 1 aromatic heterocycles. The summed E-state index contributed by atoms with van der Waals surface area (Å²) in [5, 5.41) is 5.36. The van der Waals surface area contributed by atoms with Gasteiger partial charge in [-0.2, -0.15) is 0 Å². The monoisotopic (exact) mass is 449 g/mol. The number of anilines is 2. The molecule has 32 heavy (non-hydrogen) atoms. The number of fused-ring (bicyclic) bond motifs is 1. The molecule has 0 radical (unpaired) electrons. The van der Waals surface area contributed by atoms with Gasteiger partial charge >= 0.3 is 0 Å². The summed E-state index contributed by atoms with van der Waals surface area (Å²) in [6.07, 6.45) is 0.988. The molecule has 0 spiro atoms. The number of hydrogen-bond acceptors (Lipinski definition) is 5. The smallest absolute Gasteiger partial charge is 0.236 e. The van der Waals surface area contributed by atoms with Gasteiger partial charge in [0.2, 0.25) is 11.8 Å². The lowest BCUT2D eigenvalue weighted by atomic mass is 9.85. The standard InChI is InChI=1S/C25H27N3O3S/c1-16-7-10-18(11-8-16)31-13-5-6-22(29)27-24-26-20(15-32-24)17-9-12-21-19(14-17)25(2,3)23(30)28(21)4/h7-12,14-15H,5-6,13H2,1-4H3,(H,26,27,29). The number of rotatable bonds is 7. The molecule has 0 aliphatic carbocycles. The maximum Gasteiger partial charge on any atom is 0.236 e. The Bertz CT molecular complexity index is 1150. The van der Waals surface area contributed by atoms with Gasteiger partial charge in [-0.25, -0.2) is 4.98 Å². The number of hydrogen-bond donors (Lipinski definition) is 1. The topological polar surface area (TPSA) is 71.5 Å². The number of nitrogens with zero attached hydrogens (tertiary/aromatic N) is 2. The summed E-state index contributed by atoms with van der Waals surface area (Å²) in [7, 11) is 1.80. The van der Waals surface area contributed by atoms with Gasteiger partial charge in [0.25, 0.3) is 0 Å². The Labute approximate surface area is 192 Å². The van der Waals surface area contributed by atoms with Gasteiger partial charge in [-0.3, -0.25) is 9.59 Å². The summed E-state index contributed by atoms with van der Waals surface area (Å²) < 4.78 is 5.67. The van der Waals surface area contributed by atoms with Crippen LogP contribution >= 0.6 is 11.3 Å². The van der Waals surface area contributed by atoms with Crippen molar-refractivity contribution in [2.24, 2.45) is 0 Å². The summed E-state index contributed by atoms with van der Waals surface area (Å²) in [5.74, 6) is 0.814. The van der Waals surface area contributed by atoms with Crippen molar-refractivity contribution in [3.05, 3.63) is 59.0 Å². The average Bonchev–Trinajstić information content (AvgIpc) is 3.30. The highest BCUT2D eigenvalue weighted by molar-refractivity contribution is 7.14. The second kappa shape index (κ2) is 8.74. The molecule has 1 N–H and O–H groups in total. The number of likely N-dealkylation sites (N-methyl/N-ethyl adjacent to an activating group) is 1. The summed E-state index contributed by atoms with van der Waals surface area (Å²) >= 11 is 1.39. The van der Waals surface area contributed by atoms with Crippen molar-refractivity contribution < 1.29 is 14.3 Å². The zero-order chi connectivity index (χ0) is 22.9. The van der Waals surface area contributed by atoms with E-state index >= 15 is 0 Å². The lowest BCUT2D eigenvalue weighted by molar-refractivity contribution is -0.121. The van der Waals surface area contributed by atoms with Crippen LogP contribution in [0, 0.1) is 6.92 Å². The molecule has 1 aliphatic heterocycles. The van der Waals surface area contributed by atoms with Crippen molar-refractivity contribution in [2.75, 3.05) is 23.9 Å². The molecular weight excluding hydrogens is 422 g/mol. The number of ether oxygens (including phenoxy) is 1. The number of carbonyl (C=O) groups is 2. The van der Waals surface area contributed by atoms with E-state index in [2.05, 4.69) is 10.3 Å². The second-order valence-corrected chi connectivity index (χ2v) is 9.43. The highest BCUT2D eigenvalue weighted by atomic mass is 32.1. The van der Waals surface area contributed by atoms with Gasteiger partial charge in [0, 0.05) is 30.1 Å². The van der Waals surface area contributed by atoms with Gasteiger partial charge in [0.15, 0.2) is 5.13 Å². The van der Waals surface area contributed by atoms with Crippen molar-refractivity contribution in [1.29, 1.82) is 0 Å². The second-order valence-electron chi connectivity index (χ2n) is 8.57. The molecule has 7 heteroatoms. The number of carbonyl (C=O) groups excluding carboxylic acids is 2. The number of aromatic nitrogens is 1. The van der Waals surface area contributed by atoms with Crippen molar-refractivity contribution in [2.45, 2.75) is 39.0 Å². The summed E-state index contributed by atoms with van der Waals surface area (Å²) in [6.45, 7) is 6.40. The molecule has 2 amide bonds. The van der Waals surface area contributed by atoms with E-state index in [1.807, 2.05) is 68.6 Å². The van der Waals surface area contributed by atoms with Crippen molar-refractivity contribution in [3.8, 4) is 17.0 Å². The van der Waals surface area contributed by atoms with E-state index in [4.69, 9.17) is 4.74 Å². The predicted octanol–water partition coefficient (Wildman–Crippen LogP) is 5.17. The van der Waals surface area contributed by atoms with E-state index in [0.717, 1.165) is 28.3 Å². The van der Waals surface area contributed by atoms with E-state index in [1.165, 1.54) is 16.9 Å². The third kappa shape index (κ3) is 4.39. The maximum absolute atomic E-state index is 12.5. The van der Waals surface area contributed by atoms with Crippen LogP contribution in [0.1, 0.15) is 37.8 Å². The fourth-order valence-electron chi connectivity index (χ4n) is 3.84. The van der Waals surface area contributed by atoms with Gasteiger partial charge in [-0.15, -0.1) is 11.3 Å². The van der Waals surface area contributed by atoms with Crippen LogP contribution in [0.2, 0.25) is 0 Å². The number of benzene rings is 2. The molecule has 3 aromatic rings. The molecular formula is C25H27N3O3S. The van der Waals surface area contributed by atoms with Crippen LogP contribution < -0.4 is 15.0 Å². The number of aryl methyl sites for hydroxylation is 1. The molecule has 1 aliphatic rings. The number of thiazole rings is 1. The molecule has 0 saturated heterocycles. The first-order valence-corrected chi connectivity index (χ1v) is 11.5. The van der Waals surface area contributed by atoms with Crippen LogP contribution in [0.4, 0.5) is 10.8 Å². The molecule has 0 bridgehead atoms. The largest absolute Gasteiger partial charge is 0.494 e. The first-order valence-electron chi connectivity index (χ1n) is 10.6. The Morgan fingerprint density at radius 1 is 1.19 bits per heavy atom. The quantitative estimate of drug-likeness (QED) is 0.505. The Morgan fingerprint density at radius 2 is 1.94 bits per heavy atom. The average molecular weight is 450 g/mol. The van der Waals surface area contributed by atoms with Crippen molar-refractivity contribution in [3.63, 3.8) is 0 Å². The van der Waals surface area contributed by atoms with Crippen molar-refractivity contribution in [1.82, 2.24) is 4.98 Å². The molecule has 2 heterocycles.